The smallest absolute Gasteiger partial charge is 0.120 e. The van der Waals surface area contributed by atoms with E-state index in [2.05, 4.69) is 59.9 Å². The lowest BCUT2D eigenvalue weighted by Crippen LogP contribution is -2.10. The van der Waals surface area contributed by atoms with E-state index >= 15 is 0 Å². The summed E-state index contributed by atoms with van der Waals surface area (Å²) in [6.07, 6.45) is 1.04. The van der Waals surface area contributed by atoms with Gasteiger partial charge in [0.2, 0.25) is 0 Å². The van der Waals surface area contributed by atoms with Crippen LogP contribution in [0, 0.1) is 0 Å². The molecule has 25 heavy (non-hydrogen) atoms. The minimum absolute atomic E-state index is 0. The lowest BCUT2D eigenvalue weighted by molar-refractivity contribution is 0.306. The molecular weight excluding hydrogens is 330 g/mol. The molecule has 3 rings (SSSR count). The van der Waals surface area contributed by atoms with Gasteiger partial charge in [-0.3, -0.25) is 0 Å². The standard InChI is InChI=1S/C22H23NO.ClH/c1-23-14-13-18-9-5-10-20(15-18)21-11-6-12-22(16-21)24-17-19-7-3-2-4-8-19;/h2-12,15-16,23H,13-14,17H2,1H3;1H. The monoisotopic (exact) mass is 353 g/mol. The van der Waals surface area contributed by atoms with Crippen molar-refractivity contribution in [3.8, 4) is 16.9 Å². The number of likely N-dealkylation sites (N-methyl/N-ethyl adjacent to an activating group) is 1. The molecule has 0 fully saturated rings. The molecule has 0 heterocycles. The van der Waals surface area contributed by atoms with Gasteiger partial charge in [-0.15, -0.1) is 12.4 Å². The normalized spacial score (nSPS) is 10.1. The van der Waals surface area contributed by atoms with Crippen molar-refractivity contribution in [2.45, 2.75) is 13.0 Å². The van der Waals surface area contributed by atoms with E-state index in [4.69, 9.17) is 4.74 Å². The molecule has 2 nitrogen and oxygen atoms in total. The van der Waals surface area contributed by atoms with E-state index in [0.717, 1.165) is 18.7 Å². The summed E-state index contributed by atoms with van der Waals surface area (Å²) >= 11 is 0. The number of hydrogen-bond acceptors (Lipinski definition) is 2. The number of hydrogen-bond donors (Lipinski definition) is 1. The van der Waals surface area contributed by atoms with Crippen molar-refractivity contribution in [1.29, 1.82) is 0 Å². The zero-order chi connectivity index (χ0) is 16.6. The topological polar surface area (TPSA) is 21.3 Å². The zero-order valence-electron chi connectivity index (χ0n) is 14.4. The van der Waals surface area contributed by atoms with Gasteiger partial charge in [-0.1, -0.05) is 66.7 Å². The van der Waals surface area contributed by atoms with Crippen molar-refractivity contribution in [3.63, 3.8) is 0 Å². The number of rotatable bonds is 7. The maximum atomic E-state index is 5.94. The van der Waals surface area contributed by atoms with Gasteiger partial charge in [0, 0.05) is 0 Å². The number of ether oxygens (including phenoxy) is 1. The van der Waals surface area contributed by atoms with Crippen molar-refractivity contribution < 1.29 is 4.74 Å². The molecule has 1 N–H and O–H groups in total. The van der Waals surface area contributed by atoms with Gasteiger partial charge in [-0.05, 0) is 54.4 Å². The van der Waals surface area contributed by atoms with Gasteiger partial charge in [0.15, 0.2) is 0 Å². The summed E-state index contributed by atoms with van der Waals surface area (Å²) in [4.78, 5) is 0. The summed E-state index contributed by atoms with van der Waals surface area (Å²) in [5, 5.41) is 3.20. The Labute approximate surface area is 156 Å². The molecule has 0 unspecified atom stereocenters. The molecule has 0 amide bonds. The third-order valence-electron chi connectivity index (χ3n) is 4.01. The molecule has 0 aliphatic heterocycles. The second-order valence-corrected chi connectivity index (χ2v) is 5.86. The predicted octanol–water partition coefficient (Wildman–Crippen LogP) is 5.12. The molecule has 0 aliphatic carbocycles. The third kappa shape index (κ3) is 5.63. The van der Waals surface area contributed by atoms with Gasteiger partial charge in [-0.2, -0.15) is 0 Å². The first kappa shape index (κ1) is 19.0. The van der Waals surface area contributed by atoms with Gasteiger partial charge in [0.1, 0.15) is 12.4 Å². The van der Waals surface area contributed by atoms with Gasteiger partial charge in [0.05, 0.1) is 0 Å². The highest BCUT2D eigenvalue weighted by Gasteiger charge is 2.02. The van der Waals surface area contributed by atoms with Crippen LogP contribution in [0.2, 0.25) is 0 Å². The van der Waals surface area contributed by atoms with Crippen LogP contribution in [0.1, 0.15) is 11.1 Å². The van der Waals surface area contributed by atoms with Crippen LogP contribution in [-0.4, -0.2) is 13.6 Å². The van der Waals surface area contributed by atoms with Crippen LogP contribution in [0.25, 0.3) is 11.1 Å². The van der Waals surface area contributed by atoms with E-state index in [1.807, 2.05) is 31.3 Å². The fourth-order valence-corrected chi connectivity index (χ4v) is 2.68. The Morgan fingerprint density at radius 3 is 2.20 bits per heavy atom. The van der Waals surface area contributed by atoms with Crippen LogP contribution in [0.4, 0.5) is 0 Å². The maximum absolute atomic E-state index is 5.94. The average Bonchev–Trinajstić information content (AvgIpc) is 2.66. The van der Waals surface area contributed by atoms with Gasteiger partial charge < -0.3 is 10.1 Å². The van der Waals surface area contributed by atoms with Crippen molar-refractivity contribution >= 4 is 12.4 Å². The van der Waals surface area contributed by atoms with Gasteiger partial charge in [0.25, 0.3) is 0 Å². The van der Waals surface area contributed by atoms with E-state index in [1.54, 1.807) is 0 Å². The quantitative estimate of drug-likeness (QED) is 0.636. The Morgan fingerprint density at radius 1 is 0.760 bits per heavy atom. The largest absolute Gasteiger partial charge is 0.489 e. The van der Waals surface area contributed by atoms with Gasteiger partial charge >= 0.3 is 0 Å². The second-order valence-electron chi connectivity index (χ2n) is 5.86. The van der Waals surface area contributed by atoms with Crippen LogP contribution in [0.5, 0.6) is 5.75 Å². The molecule has 0 bridgehead atoms. The zero-order valence-corrected chi connectivity index (χ0v) is 15.3. The first-order chi connectivity index (χ1) is 11.8. The molecule has 130 valence electrons. The van der Waals surface area contributed by atoms with E-state index in [0.29, 0.717) is 6.61 Å². The van der Waals surface area contributed by atoms with Crippen molar-refractivity contribution in [2.24, 2.45) is 0 Å². The highest BCUT2D eigenvalue weighted by Crippen LogP contribution is 2.25. The Kier molecular flexibility index (Phi) is 7.52. The fourth-order valence-electron chi connectivity index (χ4n) is 2.68. The summed E-state index contributed by atoms with van der Waals surface area (Å²) in [6, 6.07) is 27.3. The second kappa shape index (κ2) is 9.87. The first-order valence-corrected chi connectivity index (χ1v) is 8.36. The van der Waals surface area contributed by atoms with Crippen LogP contribution in [-0.2, 0) is 13.0 Å². The molecule has 0 saturated carbocycles. The van der Waals surface area contributed by atoms with Gasteiger partial charge in [-0.25, -0.2) is 0 Å². The molecule has 3 aromatic carbocycles. The molecule has 3 aromatic rings. The Hall–Kier alpha value is -2.29. The van der Waals surface area contributed by atoms with Crippen molar-refractivity contribution in [3.05, 3.63) is 90.0 Å². The first-order valence-electron chi connectivity index (χ1n) is 8.36. The van der Waals surface area contributed by atoms with E-state index < -0.39 is 0 Å². The lowest BCUT2D eigenvalue weighted by Gasteiger charge is -2.09. The maximum Gasteiger partial charge on any atom is 0.120 e. The lowest BCUT2D eigenvalue weighted by atomic mass is 10.0. The minimum Gasteiger partial charge on any atom is -0.489 e. The summed E-state index contributed by atoms with van der Waals surface area (Å²) in [5.74, 6) is 0.900. The molecular formula is C22H24ClNO. The SMILES string of the molecule is CNCCc1cccc(-c2cccc(OCc3ccccc3)c2)c1.Cl. The molecule has 0 spiro atoms. The molecule has 0 radical (unpaired) electrons. The molecule has 0 atom stereocenters. The van der Waals surface area contributed by atoms with Crippen molar-refractivity contribution in [1.82, 2.24) is 5.32 Å². The minimum atomic E-state index is 0. The van der Waals surface area contributed by atoms with E-state index in [1.165, 1.54) is 22.3 Å². The Bertz CT molecular complexity index is 774. The summed E-state index contributed by atoms with van der Waals surface area (Å²) in [5.41, 5.74) is 4.94. The highest BCUT2D eigenvalue weighted by atomic mass is 35.5. The van der Waals surface area contributed by atoms with Crippen LogP contribution >= 0.6 is 12.4 Å². The number of nitrogens with one attached hydrogen (secondary N) is 1. The molecule has 3 heteroatoms. The van der Waals surface area contributed by atoms with Crippen LogP contribution < -0.4 is 10.1 Å². The highest BCUT2D eigenvalue weighted by molar-refractivity contribution is 5.85. The number of benzene rings is 3. The molecule has 0 saturated heterocycles. The third-order valence-corrected chi connectivity index (χ3v) is 4.01. The summed E-state index contributed by atoms with van der Waals surface area (Å²) < 4.78 is 5.94. The van der Waals surface area contributed by atoms with E-state index in [9.17, 15) is 0 Å². The average molecular weight is 354 g/mol. The fraction of sp³-hybridized carbons (Fsp3) is 0.182. The summed E-state index contributed by atoms with van der Waals surface area (Å²) in [6.45, 7) is 1.58. The van der Waals surface area contributed by atoms with E-state index in [-0.39, 0.29) is 12.4 Å². The predicted molar refractivity (Wildman–Crippen MR) is 108 cm³/mol. The molecule has 0 aliphatic rings. The Morgan fingerprint density at radius 2 is 1.44 bits per heavy atom. The Balaban J connectivity index is 0.00000225. The van der Waals surface area contributed by atoms with Crippen LogP contribution in [0.15, 0.2) is 78.9 Å². The number of halogens is 1. The van der Waals surface area contributed by atoms with Crippen LogP contribution in [0.3, 0.4) is 0 Å². The molecule has 0 aromatic heterocycles. The summed E-state index contributed by atoms with van der Waals surface area (Å²) in [7, 11) is 1.98. The van der Waals surface area contributed by atoms with Crippen molar-refractivity contribution in [2.75, 3.05) is 13.6 Å².